The van der Waals surface area contributed by atoms with Crippen molar-refractivity contribution >= 4 is 0 Å². The maximum absolute atomic E-state index is 14.0. The maximum atomic E-state index is 14.0. The van der Waals surface area contributed by atoms with Gasteiger partial charge in [-0.1, -0.05) is 24.6 Å². The van der Waals surface area contributed by atoms with Gasteiger partial charge in [0.1, 0.15) is 6.17 Å². The summed E-state index contributed by atoms with van der Waals surface area (Å²) in [5.41, 5.74) is 5.91. The Morgan fingerprint density at radius 3 is 2.46 bits per heavy atom. The van der Waals surface area contributed by atoms with Gasteiger partial charge in [0.25, 0.3) is 0 Å². The zero-order valence-corrected chi connectivity index (χ0v) is 20.2. The smallest absolute Gasteiger partial charge is 0.159 e. The molecule has 0 spiro atoms. The number of hydrogen-bond donors (Lipinski definition) is 1. The van der Waals surface area contributed by atoms with E-state index < -0.39 is 12.3 Å². The van der Waals surface area contributed by atoms with Gasteiger partial charge in [-0.05, 0) is 49.7 Å². The zero-order chi connectivity index (χ0) is 24.4. The number of aliphatic hydroxyl groups excluding tert-OH is 1. The average Bonchev–Trinajstić information content (AvgIpc) is 3.50. The summed E-state index contributed by atoms with van der Waals surface area (Å²) >= 11 is 0. The van der Waals surface area contributed by atoms with Crippen LogP contribution in [0.15, 0.2) is 55.2 Å². The Hall–Kier alpha value is -3.39. The Morgan fingerprint density at radius 1 is 0.971 bits per heavy atom. The molecule has 1 aliphatic rings. The molecule has 1 saturated carbocycles. The van der Waals surface area contributed by atoms with Gasteiger partial charge in [0.15, 0.2) is 5.82 Å². The first-order chi connectivity index (χ1) is 17.0. The Balaban J connectivity index is 1.42. The van der Waals surface area contributed by atoms with E-state index in [1.807, 2.05) is 57.2 Å². The molecular formula is C27H31FN6O. The summed E-state index contributed by atoms with van der Waals surface area (Å²) in [6.45, 7) is 0. The predicted molar refractivity (Wildman–Crippen MR) is 133 cm³/mol. The van der Waals surface area contributed by atoms with Crippen LogP contribution in [0.3, 0.4) is 0 Å². The van der Waals surface area contributed by atoms with Gasteiger partial charge in [0.2, 0.25) is 0 Å². The summed E-state index contributed by atoms with van der Waals surface area (Å²) in [5.74, 6) is 0.679. The fourth-order valence-corrected chi connectivity index (χ4v) is 5.02. The van der Waals surface area contributed by atoms with Gasteiger partial charge in [-0.3, -0.25) is 9.36 Å². The fraction of sp³-hybridized carbons (Fsp3) is 0.407. The minimum Gasteiger partial charge on any atom is -0.390 e. The van der Waals surface area contributed by atoms with Crippen LogP contribution in [0.25, 0.3) is 33.6 Å². The van der Waals surface area contributed by atoms with Crippen LogP contribution in [0.5, 0.6) is 0 Å². The highest BCUT2D eigenvalue weighted by molar-refractivity contribution is 5.71. The summed E-state index contributed by atoms with van der Waals surface area (Å²) in [4.78, 5) is 9.68. The van der Waals surface area contributed by atoms with Crippen LogP contribution in [0, 0.1) is 5.92 Å². The molecule has 0 radical (unpaired) electrons. The molecule has 3 aromatic heterocycles. The molecule has 0 aliphatic heterocycles. The minimum atomic E-state index is -1.10. The van der Waals surface area contributed by atoms with Crippen LogP contribution >= 0.6 is 0 Å². The first-order valence-corrected chi connectivity index (χ1v) is 12.2. The summed E-state index contributed by atoms with van der Waals surface area (Å²) in [6, 6.07) is 8.16. The van der Waals surface area contributed by atoms with Crippen LogP contribution in [-0.2, 0) is 20.5 Å². The molecule has 35 heavy (non-hydrogen) atoms. The number of rotatable bonds is 7. The highest BCUT2D eigenvalue weighted by atomic mass is 19.1. The average molecular weight is 475 g/mol. The summed E-state index contributed by atoms with van der Waals surface area (Å²) < 4.78 is 17.5. The lowest BCUT2D eigenvalue weighted by molar-refractivity contribution is -0.00504. The van der Waals surface area contributed by atoms with E-state index >= 15 is 0 Å². The Labute approximate surface area is 204 Å². The fourth-order valence-electron chi connectivity index (χ4n) is 5.02. The molecule has 1 aliphatic carbocycles. The molecule has 5 rings (SSSR count). The second-order valence-electron chi connectivity index (χ2n) is 9.53. The molecule has 0 saturated heterocycles. The SMILES string of the molecule is Cn1cc(-c2cccc(-c3ncc(-c4cnn(C)c4)c(CCC[C@H]4CCC[C@H](F)C4O)n3)c2)cn1. The standard InChI is InChI=1S/C27H31FN6O/c1-33-16-21(13-30-33)19-8-3-9-20(12-19)27-29-15-23(22-14-31-34(2)17-22)25(32-27)11-5-7-18-6-4-10-24(28)26(18)35/h3,8-9,12-18,24,26,35H,4-7,10-11H2,1-2H3/t18-,24+,26?/m1/s1. The number of benzene rings is 1. The summed E-state index contributed by atoms with van der Waals surface area (Å²) in [5, 5.41) is 18.9. The van der Waals surface area contributed by atoms with Gasteiger partial charge in [-0.2, -0.15) is 10.2 Å². The molecule has 4 aromatic rings. The van der Waals surface area contributed by atoms with Crippen molar-refractivity contribution in [1.82, 2.24) is 29.5 Å². The number of aliphatic hydroxyl groups is 1. The van der Waals surface area contributed by atoms with E-state index in [9.17, 15) is 9.50 Å². The van der Waals surface area contributed by atoms with Crippen molar-refractivity contribution in [3.05, 3.63) is 60.9 Å². The van der Waals surface area contributed by atoms with Crippen LogP contribution in [0.1, 0.15) is 37.8 Å². The Bertz CT molecular complexity index is 1300. The van der Waals surface area contributed by atoms with Crippen molar-refractivity contribution in [2.45, 2.75) is 50.8 Å². The normalized spacial score (nSPS) is 20.3. The van der Waals surface area contributed by atoms with Gasteiger partial charge >= 0.3 is 0 Å². The molecule has 3 heterocycles. The van der Waals surface area contributed by atoms with Crippen LogP contribution in [0.4, 0.5) is 4.39 Å². The number of hydrogen-bond acceptors (Lipinski definition) is 5. The van der Waals surface area contributed by atoms with Crippen molar-refractivity contribution in [2.24, 2.45) is 20.0 Å². The highest BCUT2D eigenvalue weighted by Gasteiger charge is 2.31. The number of alkyl halides is 1. The highest BCUT2D eigenvalue weighted by Crippen LogP contribution is 2.32. The van der Waals surface area contributed by atoms with E-state index in [2.05, 4.69) is 22.3 Å². The Morgan fingerprint density at radius 2 is 1.71 bits per heavy atom. The first-order valence-electron chi connectivity index (χ1n) is 12.2. The topological polar surface area (TPSA) is 81.7 Å². The molecule has 1 unspecified atom stereocenters. The largest absolute Gasteiger partial charge is 0.390 e. The van der Waals surface area contributed by atoms with Gasteiger partial charge in [0, 0.05) is 54.9 Å². The third-order valence-electron chi connectivity index (χ3n) is 6.94. The molecular weight excluding hydrogens is 443 g/mol. The molecule has 182 valence electrons. The summed E-state index contributed by atoms with van der Waals surface area (Å²) in [6.07, 6.45) is 12.1. The zero-order valence-electron chi connectivity index (χ0n) is 20.2. The molecule has 3 atom stereocenters. The first kappa shape index (κ1) is 23.4. The minimum absolute atomic E-state index is 0.0121. The second kappa shape index (κ2) is 10.1. The lowest BCUT2D eigenvalue weighted by atomic mass is 9.82. The molecule has 0 bridgehead atoms. The van der Waals surface area contributed by atoms with Crippen molar-refractivity contribution in [3.63, 3.8) is 0 Å². The van der Waals surface area contributed by atoms with E-state index in [0.717, 1.165) is 65.6 Å². The third kappa shape index (κ3) is 5.17. The van der Waals surface area contributed by atoms with Crippen LogP contribution in [-0.4, -0.2) is 46.9 Å². The third-order valence-corrected chi connectivity index (χ3v) is 6.94. The molecule has 1 aromatic carbocycles. The lowest BCUT2D eigenvalue weighted by Crippen LogP contribution is -2.34. The van der Waals surface area contributed by atoms with E-state index in [0.29, 0.717) is 12.2 Å². The van der Waals surface area contributed by atoms with E-state index in [1.54, 1.807) is 9.36 Å². The second-order valence-corrected chi connectivity index (χ2v) is 9.53. The molecule has 1 fully saturated rings. The van der Waals surface area contributed by atoms with Crippen LogP contribution < -0.4 is 0 Å². The van der Waals surface area contributed by atoms with Crippen molar-refractivity contribution < 1.29 is 9.50 Å². The van der Waals surface area contributed by atoms with Crippen molar-refractivity contribution in [2.75, 3.05) is 0 Å². The molecule has 7 nitrogen and oxygen atoms in total. The predicted octanol–water partition coefficient (Wildman–Crippen LogP) is 4.77. The van der Waals surface area contributed by atoms with Crippen molar-refractivity contribution in [3.8, 4) is 33.6 Å². The quantitative estimate of drug-likeness (QED) is 0.417. The van der Waals surface area contributed by atoms with Gasteiger partial charge in [-0.25, -0.2) is 14.4 Å². The number of aromatic nitrogens is 6. The number of nitrogens with zero attached hydrogens (tertiary/aromatic N) is 6. The Kier molecular flexibility index (Phi) is 6.72. The number of halogens is 1. The summed E-state index contributed by atoms with van der Waals surface area (Å²) in [7, 11) is 3.79. The number of aryl methyl sites for hydroxylation is 3. The maximum Gasteiger partial charge on any atom is 0.159 e. The molecule has 1 N–H and O–H groups in total. The van der Waals surface area contributed by atoms with Gasteiger partial charge < -0.3 is 5.11 Å². The molecule has 0 amide bonds. The molecule has 8 heteroatoms. The van der Waals surface area contributed by atoms with E-state index in [-0.39, 0.29) is 5.92 Å². The van der Waals surface area contributed by atoms with E-state index in [1.165, 1.54) is 0 Å². The van der Waals surface area contributed by atoms with Crippen LogP contribution in [0.2, 0.25) is 0 Å². The van der Waals surface area contributed by atoms with Gasteiger partial charge in [0.05, 0.1) is 24.2 Å². The van der Waals surface area contributed by atoms with Gasteiger partial charge in [-0.15, -0.1) is 0 Å². The van der Waals surface area contributed by atoms with Crippen molar-refractivity contribution in [1.29, 1.82) is 0 Å². The van der Waals surface area contributed by atoms with E-state index in [4.69, 9.17) is 9.97 Å². The lowest BCUT2D eigenvalue weighted by Gasteiger charge is -2.30. The monoisotopic (exact) mass is 474 g/mol.